The summed E-state index contributed by atoms with van der Waals surface area (Å²) >= 11 is 6.93. The minimum absolute atomic E-state index is 0.0966. The van der Waals surface area contributed by atoms with Crippen LogP contribution >= 0.6 is 31.9 Å². The van der Waals surface area contributed by atoms with Gasteiger partial charge in [0, 0.05) is 25.8 Å². The van der Waals surface area contributed by atoms with Crippen LogP contribution < -0.4 is 25.0 Å². The highest BCUT2D eigenvalue weighted by Crippen LogP contribution is 2.38. The summed E-state index contributed by atoms with van der Waals surface area (Å²) in [4.78, 5) is 27.2. The zero-order valence-corrected chi connectivity index (χ0v) is 23.5. The number of halogens is 2. The molecule has 2 heterocycles. The molecule has 4 aromatic carbocycles. The molecule has 0 saturated heterocycles. The number of benzene rings is 4. The van der Waals surface area contributed by atoms with E-state index in [4.69, 9.17) is 14.2 Å². The van der Waals surface area contributed by atoms with Crippen molar-refractivity contribution >= 4 is 49.4 Å². The van der Waals surface area contributed by atoms with Crippen LogP contribution in [0.4, 0.5) is 5.69 Å². The highest BCUT2D eigenvalue weighted by atomic mass is 79.9. The van der Waals surface area contributed by atoms with Crippen LogP contribution in [0.15, 0.2) is 93.9 Å². The SMILES string of the molecule is O=C(NN1C(=O)c2cc(Br)ccc2N[C@@H]1c1ccccc1OCc1cccc(Br)c1)c1ccc2c(c1)OCO2. The number of carbonyl (C=O) groups is 2. The van der Waals surface area contributed by atoms with Crippen LogP contribution in [0.25, 0.3) is 0 Å². The Hall–Kier alpha value is -4.02. The van der Waals surface area contributed by atoms with Gasteiger partial charge in [0.25, 0.3) is 11.8 Å². The van der Waals surface area contributed by atoms with Gasteiger partial charge in [0.1, 0.15) is 12.4 Å². The van der Waals surface area contributed by atoms with Crippen LogP contribution in [-0.4, -0.2) is 23.6 Å². The first-order valence-corrected chi connectivity index (χ1v) is 13.6. The fraction of sp³-hybridized carbons (Fsp3) is 0.103. The van der Waals surface area contributed by atoms with Gasteiger partial charge in [-0.2, -0.15) is 0 Å². The van der Waals surface area contributed by atoms with Crippen molar-refractivity contribution in [3.63, 3.8) is 0 Å². The van der Waals surface area contributed by atoms with Gasteiger partial charge in [0.05, 0.1) is 5.56 Å². The van der Waals surface area contributed by atoms with Crippen molar-refractivity contribution in [3.05, 3.63) is 116 Å². The molecule has 0 spiro atoms. The van der Waals surface area contributed by atoms with Crippen LogP contribution in [0.2, 0.25) is 0 Å². The van der Waals surface area contributed by atoms with Crippen molar-refractivity contribution in [3.8, 4) is 17.2 Å². The second kappa shape index (κ2) is 10.6. The van der Waals surface area contributed by atoms with Gasteiger partial charge in [-0.15, -0.1) is 0 Å². The Morgan fingerprint density at radius 3 is 2.64 bits per heavy atom. The maximum absolute atomic E-state index is 13.8. The molecule has 6 rings (SSSR count). The number of ether oxygens (including phenoxy) is 3. The highest BCUT2D eigenvalue weighted by Gasteiger charge is 2.36. The maximum Gasteiger partial charge on any atom is 0.276 e. The molecule has 8 nitrogen and oxygen atoms in total. The molecule has 2 N–H and O–H groups in total. The largest absolute Gasteiger partial charge is 0.488 e. The van der Waals surface area contributed by atoms with Gasteiger partial charge in [0.15, 0.2) is 17.7 Å². The summed E-state index contributed by atoms with van der Waals surface area (Å²) in [6.07, 6.45) is -0.747. The predicted molar refractivity (Wildman–Crippen MR) is 152 cm³/mol. The van der Waals surface area contributed by atoms with Crippen molar-refractivity contribution in [2.45, 2.75) is 12.8 Å². The number of amides is 2. The lowest BCUT2D eigenvalue weighted by atomic mass is 10.0. The number of para-hydroxylation sites is 1. The Morgan fingerprint density at radius 1 is 0.949 bits per heavy atom. The molecule has 2 aliphatic rings. The van der Waals surface area contributed by atoms with Crippen LogP contribution in [0, 0.1) is 0 Å². The lowest BCUT2D eigenvalue weighted by Crippen LogP contribution is -2.53. The molecule has 4 aromatic rings. The number of fused-ring (bicyclic) bond motifs is 2. The molecule has 10 heteroatoms. The Kier molecular flexibility index (Phi) is 6.88. The van der Waals surface area contributed by atoms with E-state index in [9.17, 15) is 9.59 Å². The van der Waals surface area contributed by atoms with Crippen LogP contribution in [0.1, 0.15) is 38.0 Å². The summed E-state index contributed by atoms with van der Waals surface area (Å²) < 4.78 is 18.7. The average Bonchev–Trinajstić information content (AvgIpc) is 3.42. The fourth-order valence-corrected chi connectivity index (χ4v) is 5.26. The number of nitrogens with one attached hydrogen (secondary N) is 2. The molecule has 0 aliphatic carbocycles. The number of rotatable bonds is 6. The van der Waals surface area contributed by atoms with Crippen molar-refractivity contribution in [2.24, 2.45) is 0 Å². The van der Waals surface area contributed by atoms with Crippen molar-refractivity contribution in [1.82, 2.24) is 10.4 Å². The van der Waals surface area contributed by atoms with Crippen LogP contribution in [-0.2, 0) is 6.61 Å². The Labute approximate surface area is 241 Å². The number of hydrogen-bond donors (Lipinski definition) is 2. The van der Waals surface area contributed by atoms with Crippen molar-refractivity contribution in [2.75, 3.05) is 12.1 Å². The monoisotopic (exact) mass is 649 g/mol. The van der Waals surface area contributed by atoms with Gasteiger partial charge in [0.2, 0.25) is 6.79 Å². The normalized spacial score (nSPS) is 15.4. The summed E-state index contributed by atoms with van der Waals surface area (Å²) in [5.74, 6) is 0.773. The van der Waals surface area contributed by atoms with Gasteiger partial charge in [-0.25, -0.2) is 5.01 Å². The van der Waals surface area contributed by atoms with Crippen LogP contribution in [0.3, 0.4) is 0 Å². The number of carbonyl (C=O) groups excluding carboxylic acids is 2. The Balaban J connectivity index is 1.34. The third kappa shape index (κ3) is 5.17. The molecule has 0 radical (unpaired) electrons. The number of hydrogen-bond acceptors (Lipinski definition) is 6. The number of anilines is 1. The van der Waals surface area contributed by atoms with E-state index in [1.165, 1.54) is 5.01 Å². The number of nitrogens with zero attached hydrogens (tertiary/aromatic N) is 1. The molecule has 2 amide bonds. The lowest BCUT2D eigenvalue weighted by Gasteiger charge is -2.38. The van der Waals surface area contributed by atoms with Gasteiger partial charge in [-0.3, -0.25) is 15.0 Å². The topological polar surface area (TPSA) is 89.1 Å². The van der Waals surface area contributed by atoms with Gasteiger partial charge < -0.3 is 19.5 Å². The molecule has 0 unspecified atom stereocenters. The van der Waals surface area contributed by atoms with E-state index >= 15 is 0 Å². The summed E-state index contributed by atoms with van der Waals surface area (Å²) in [5, 5.41) is 4.70. The number of hydrazine groups is 1. The molecule has 0 saturated carbocycles. The second-order valence-corrected chi connectivity index (χ2v) is 10.7. The molecular weight excluding hydrogens is 630 g/mol. The highest BCUT2D eigenvalue weighted by molar-refractivity contribution is 9.10. The van der Waals surface area contributed by atoms with Gasteiger partial charge in [-0.1, -0.05) is 62.2 Å². The minimum Gasteiger partial charge on any atom is -0.488 e. The first-order chi connectivity index (χ1) is 19.0. The third-order valence-electron chi connectivity index (χ3n) is 6.33. The average molecular weight is 651 g/mol. The Morgan fingerprint density at radius 2 is 1.77 bits per heavy atom. The predicted octanol–water partition coefficient (Wildman–Crippen LogP) is 6.43. The zero-order valence-electron chi connectivity index (χ0n) is 20.3. The van der Waals surface area contributed by atoms with Crippen molar-refractivity contribution < 1.29 is 23.8 Å². The molecule has 196 valence electrons. The van der Waals surface area contributed by atoms with E-state index in [-0.39, 0.29) is 12.7 Å². The summed E-state index contributed by atoms with van der Waals surface area (Å²) in [6.45, 7) is 0.420. The minimum atomic E-state index is -0.747. The van der Waals surface area contributed by atoms with Crippen molar-refractivity contribution in [1.29, 1.82) is 0 Å². The smallest absolute Gasteiger partial charge is 0.276 e. The quantitative estimate of drug-likeness (QED) is 0.250. The summed E-state index contributed by atoms with van der Waals surface area (Å²) in [5.41, 5.74) is 5.85. The fourth-order valence-electron chi connectivity index (χ4n) is 4.45. The second-order valence-electron chi connectivity index (χ2n) is 8.88. The molecule has 39 heavy (non-hydrogen) atoms. The Bertz CT molecular complexity index is 1600. The molecule has 0 bridgehead atoms. The van der Waals surface area contributed by atoms with E-state index in [0.29, 0.717) is 46.2 Å². The zero-order chi connectivity index (χ0) is 26.9. The first kappa shape index (κ1) is 25.3. The van der Waals surface area contributed by atoms with E-state index in [1.807, 2.05) is 60.7 Å². The molecule has 2 aliphatic heterocycles. The van der Waals surface area contributed by atoms with E-state index in [0.717, 1.165) is 14.5 Å². The standard InChI is InChI=1S/C29H21Br2N3O5/c30-19-5-3-4-17(12-19)15-37-24-7-2-1-6-21(24)27-32-23-10-9-20(31)14-22(23)29(36)34(27)33-28(35)18-8-11-25-26(13-18)39-16-38-25/h1-14,27,32H,15-16H2,(H,33,35)/t27-/m0/s1. The lowest BCUT2D eigenvalue weighted by molar-refractivity contribution is 0.0487. The molecule has 1 atom stereocenters. The summed E-state index contributed by atoms with van der Waals surface area (Å²) in [6, 6.07) is 25.6. The maximum atomic E-state index is 13.8. The van der Waals surface area contributed by atoms with Gasteiger partial charge in [-0.05, 0) is 60.2 Å². The van der Waals surface area contributed by atoms with Crippen LogP contribution in [0.5, 0.6) is 17.2 Å². The van der Waals surface area contributed by atoms with E-state index in [2.05, 4.69) is 42.6 Å². The van der Waals surface area contributed by atoms with E-state index in [1.54, 1.807) is 24.3 Å². The molecule has 0 aromatic heterocycles. The molecule has 0 fully saturated rings. The van der Waals surface area contributed by atoms with Gasteiger partial charge >= 0.3 is 0 Å². The first-order valence-electron chi connectivity index (χ1n) is 12.0. The third-order valence-corrected chi connectivity index (χ3v) is 7.32. The van der Waals surface area contributed by atoms with E-state index < -0.39 is 12.1 Å². The molecular formula is C29H21Br2N3O5. The summed E-state index contributed by atoms with van der Waals surface area (Å²) in [7, 11) is 0.